The summed E-state index contributed by atoms with van der Waals surface area (Å²) in [6.45, 7) is 14.2. The normalized spacial score (nSPS) is 50.2. The Bertz CT molecular complexity index is 826. The molecule has 2 aliphatic heterocycles. The molecule has 2 saturated carbocycles. The van der Waals surface area contributed by atoms with Gasteiger partial charge in [0, 0.05) is 17.8 Å². The molecule has 1 saturated heterocycles. The maximum atomic E-state index is 10.4. The third-order valence-electron chi connectivity index (χ3n) is 10.5. The molecular formula is C28H42O3. The van der Waals surface area contributed by atoms with Crippen LogP contribution in [0.4, 0.5) is 0 Å². The maximum Gasteiger partial charge on any atom is 0.147 e. The van der Waals surface area contributed by atoms with E-state index in [1.807, 2.05) is 0 Å². The van der Waals surface area contributed by atoms with E-state index in [0.29, 0.717) is 36.0 Å². The Labute approximate surface area is 188 Å². The van der Waals surface area contributed by atoms with Crippen LogP contribution in [0, 0.1) is 40.4 Å². The molecule has 172 valence electrons. The van der Waals surface area contributed by atoms with Gasteiger partial charge in [-0.2, -0.15) is 0 Å². The van der Waals surface area contributed by atoms with E-state index in [1.165, 1.54) is 18.4 Å². The summed E-state index contributed by atoms with van der Waals surface area (Å²) >= 11 is 0. The first kappa shape index (κ1) is 21.9. The maximum absolute atomic E-state index is 10.4. The molecular weight excluding hydrogens is 384 g/mol. The van der Waals surface area contributed by atoms with Gasteiger partial charge in [0.1, 0.15) is 11.2 Å². The average molecular weight is 427 g/mol. The van der Waals surface area contributed by atoms with Crippen molar-refractivity contribution in [3.8, 4) is 0 Å². The molecule has 3 heteroatoms. The quantitative estimate of drug-likeness (QED) is 0.418. The zero-order valence-corrected chi connectivity index (χ0v) is 20.4. The van der Waals surface area contributed by atoms with Crippen molar-refractivity contribution in [2.24, 2.45) is 40.4 Å². The lowest BCUT2D eigenvalue weighted by Crippen LogP contribution is -2.69. The highest BCUT2D eigenvalue weighted by molar-refractivity contribution is 5.48. The zero-order chi connectivity index (χ0) is 22.2. The first-order valence-electron chi connectivity index (χ1n) is 12.7. The predicted octanol–water partition coefficient (Wildman–Crippen LogP) is 6.39. The Morgan fingerprint density at radius 1 is 1.03 bits per heavy atom. The third kappa shape index (κ3) is 2.82. The second-order valence-corrected chi connectivity index (χ2v) is 12.3. The minimum atomic E-state index is -0.507. The van der Waals surface area contributed by atoms with Crippen LogP contribution in [0.15, 0.2) is 36.0 Å². The molecule has 6 aliphatic rings. The smallest absolute Gasteiger partial charge is 0.147 e. The van der Waals surface area contributed by atoms with Crippen LogP contribution in [-0.2, 0) is 9.78 Å². The number of allylic oxidation sites excluding steroid dienone is 3. The summed E-state index contributed by atoms with van der Waals surface area (Å²) in [5.41, 5.74) is 0.656. The van der Waals surface area contributed by atoms with Crippen molar-refractivity contribution >= 4 is 0 Å². The molecule has 0 aromatic rings. The molecule has 9 atom stereocenters. The van der Waals surface area contributed by atoms with Gasteiger partial charge in [-0.15, -0.1) is 0 Å². The van der Waals surface area contributed by atoms with Crippen molar-refractivity contribution in [2.45, 2.75) is 97.4 Å². The van der Waals surface area contributed by atoms with Gasteiger partial charge in [0.05, 0.1) is 6.10 Å². The van der Waals surface area contributed by atoms with Gasteiger partial charge in [0.25, 0.3) is 0 Å². The van der Waals surface area contributed by atoms with Gasteiger partial charge >= 0.3 is 0 Å². The fourth-order valence-electron chi connectivity index (χ4n) is 8.01. The number of rotatable bonds is 4. The Morgan fingerprint density at radius 2 is 1.81 bits per heavy atom. The summed E-state index contributed by atoms with van der Waals surface area (Å²) in [5, 5.41) is 10.4. The van der Waals surface area contributed by atoms with Crippen LogP contribution < -0.4 is 0 Å². The van der Waals surface area contributed by atoms with E-state index in [4.69, 9.17) is 9.78 Å². The molecule has 6 rings (SSSR count). The van der Waals surface area contributed by atoms with E-state index in [2.05, 4.69) is 71.9 Å². The molecule has 2 spiro atoms. The lowest BCUT2D eigenvalue weighted by atomic mass is 9.47. The number of fused-ring (bicyclic) bond motifs is 2. The molecule has 1 N–H and O–H groups in total. The minimum Gasteiger partial charge on any atom is -0.393 e. The summed E-state index contributed by atoms with van der Waals surface area (Å²) in [4.78, 5) is 12.6. The highest BCUT2D eigenvalue weighted by atomic mass is 17.2. The Morgan fingerprint density at radius 3 is 2.48 bits per heavy atom. The molecule has 0 aromatic carbocycles. The molecule has 2 bridgehead atoms. The van der Waals surface area contributed by atoms with E-state index >= 15 is 0 Å². The first-order valence-corrected chi connectivity index (χ1v) is 12.7. The van der Waals surface area contributed by atoms with Gasteiger partial charge < -0.3 is 5.11 Å². The van der Waals surface area contributed by atoms with E-state index in [0.717, 1.165) is 19.3 Å². The van der Waals surface area contributed by atoms with Gasteiger partial charge in [-0.3, -0.25) is 0 Å². The van der Waals surface area contributed by atoms with Crippen LogP contribution in [0.1, 0.15) is 80.1 Å². The van der Waals surface area contributed by atoms with Gasteiger partial charge in [-0.05, 0) is 78.9 Å². The van der Waals surface area contributed by atoms with Crippen LogP contribution in [0.25, 0.3) is 0 Å². The van der Waals surface area contributed by atoms with Crippen LogP contribution in [0.3, 0.4) is 0 Å². The lowest BCUT2D eigenvalue weighted by Gasteiger charge is -2.66. The molecule has 3 fully saturated rings. The van der Waals surface area contributed by atoms with Crippen LogP contribution in [0.2, 0.25) is 0 Å². The van der Waals surface area contributed by atoms with E-state index in [-0.39, 0.29) is 16.9 Å². The molecule has 4 aliphatic carbocycles. The average Bonchev–Trinajstić information content (AvgIpc) is 3.09. The number of aliphatic hydroxyl groups excluding tert-OH is 1. The van der Waals surface area contributed by atoms with Crippen molar-refractivity contribution in [3.05, 3.63) is 36.0 Å². The molecule has 0 radical (unpaired) electrons. The van der Waals surface area contributed by atoms with Crippen molar-refractivity contribution in [2.75, 3.05) is 0 Å². The number of aliphatic hydroxyl groups is 1. The van der Waals surface area contributed by atoms with Gasteiger partial charge in [0.2, 0.25) is 0 Å². The fourth-order valence-corrected chi connectivity index (χ4v) is 8.01. The zero-order valence-electron chi connectivity index (χ0n) is 20.4. The fraction of sp³-hybridized carbons (Fsp3) is 0.786. The van der Waals surface area contributed by atoms with Crippen LogP contribution in [0.5, 0.6) is 0 Å². The van der Waals surface area contributed by atoms with E-state index in [1.54, 1.807) is 0 Å². The second-order valence-electron chi connectivity index (χ2n) is 12.3. The van der Waals surface area contributed by atoms with Crippen LogP contribution in [-0.4, -0.2) is 22.4 Å². The molecule has 2 heterocycles. The van der Waals surface area contributed by atoms with E-state index in [9.17, 15) is 5.11 Å². The standard InChI is InChI=1S/C28H42O3/c1-18(2)19(3)7-8-20(4)22-9-10-23-25(22,5)13-12-24-26(6)14-11-21(29)17-27(26)15-16-28(23,24)31-30-27/h7-8,12,15-16,18-23,29H,9-11,13-14,17H2,1-6H3/t19-,20+,21-,22+,23+,25+,26+,27+,28-/m0/s1. The highest BCUT2D eigenvalue weighted by Crippen LogP contribution is 2.71. The summed E-state index contributed by atoms with van der Waals surface area (Å²) in [6, 6.07) is 0. The van der Waals surface area contributed by atoms with Gasteiger partial charge in [-0.25, -0.2) is 9.78 Å². The van der Waals surface area contributed by atoms with Crippen molar-refractivity contribution in [3.63, 3.8) is 0 Å². The summed E-state index contributed by atoms with van der Waals surface area (Å²) in [6.07, 6.45) is 17.8. The SMILES string of the molecule is CC(C)[C@@H](C)C=C[C@@H](C)[C@H]1CC[C@@H]2[C@]1(C)CC=C1[C@]23C=C[C@]2(C[C@@H](O)CC[C@]12C)OO3. The van der Waals surface area contributed by atoms with E-state index < -0.39 is 11.2 Å². The van der Waals surface area contributed by atoms with Gasteiger partial charge in [0.15, 0.2) is 0 Å². The summed E-state index contributed by atoms with van der Waals surface area (Å²) < 4.78 is 0. The van der Waals surface area contributed by atoms with Crippen molar-refractivity contribution < 1.29 is 14.9 Å². The second kappa shape index (κ2) is 7.05. The molecule has 0 amide bonds. The summed E-state index contributed by atoms with van der Waals surface area (Å²) in [7, 11) is 0. The number of hydrogen-bond acceptors (Lipinski definition) is 3. The first-order chi connectivity index (χ1) is 14.6. The number of hydrogen-bond donors (Lipinski definition) is 1. The van der Waals surface area contributed by atoms with Crippen LogP contribution >= 0.6 is 0 Å². The largest absolute Gasteiger partial charge is 0.393 e. The highest BCUT2D eigenvalue weighted by Gasteiger charge is 2.71. The molecule has 31 heavy (non-hydrogen) atoms. The topological polar surface area (TPSA) is 38.7 Å². The third-order valence-corrected chi connectivity index (χ3v) is 10.5. The van der Waals surface area contributed by atoms with Crippen molar-refractivity contribution in [1.82, 2.24) is 0 Å². The molecule has 3 nitrogen and oxygen atoms in total. The molecule has 0 unspecified atom stereocenters. The Hall–Kier alpha value is -0.900. The van der Waals surface area contributed by atoms with Gasteiger partial charge in [-0.1, -0.05) is 59.8 Å². The van der Waals surface area contributed by atoms with Crippen molar-refractivity contribution in [1.29, 1.82) is 0 Å². The lowest BCUT2D eigenvalue weighted by molar-refractivity contribution is -0.455. The summed E-state index contributed by atoms with van der Waals surface area (Å²) in [5.74, 6) is 2.98. The Kier molecular flexibility index (Phi) is 4.98. The monoisotopic (exact) mass is 426 g/mol. The predicted molar refractivity (Wildman–Crippen MR) is 124 cm³/mol. The Balaban J connectivity index is 1.48. The minimum absolute atomic E-state index is 0.0726. The molecule has 0 aromatic heterocycles.